The molecule has 28 heavy (non-hydrogen) atoms. The number of nitrogens with one attached hydrogen (secondary N) is 1. The molecular weight excluding hydrogens is 372 g/mol. The number of hydrogen-bond donors (Lipinski definition) is 2. The van der Waals surface area contributed by atoms with Crippen molar-refractivity contribution < 1.29 is 9.53 Å². The Morgan fingerprint density at radius 3 is 2.61 bits per heavy atom. The molecule has 3 aromatic rings. The van der Waals surface area contributed by atoms with Gasteiger partial charge < -0.3 is 10.5 Å². The van der Waals surface area contributed by atoms with Gasteiger partial charge in [-0.2, -0.15) is 9.47 Å². The van der Waals surface area contributed by atoms with Crippen LogP contribution in [0.1, 0.15) is 29.3 Å². The number of nitrogen functional groups attached to an aromatic ring is 1. The molecule has 0 aliphatic heterocycles. The number of ether oxygens (including phenoxy) is 1. The van der Waals surface area contributed by atoms with Crippen LogP contribution in [0.5, 0.6) is 5.75 Å². The molecule has 3 rings (SSSR count). The van der Waals surface area contributed by atoms with Gasteiger partial charge in [0.25, 0.3) is 5.91 Å². The van der Waals surface area contributed by atoms with Gasteiger partial charge in [-0.3, -0.25) is 4.79 Å². The van der Waals surface area contributed by atoms with Gasteiger partial charge in [0.2, 0.25) is 0 Å². The van der Waals surface area contributed by atoms with E-state index in [0.29, 0.717) is 16.5 Å². The van der Waals surface area contributed by atoms with Crippen LogP contribution in [-0.2, 0) is 11.2 Å². The first kappa shape index (κ1) is 19.6. The van der Waals surface area contributed by atoms with E-state index in [1.165, 1.54) is 17.1 Å². The number of hydrazone groups is 1. The summed E-state index contributed by atoms with van der Waals surface area (Å²) in [5.74, 6) is 0.345. The minimum absolute atomic E-state index is 0.126. The molecule has 0 unspecified atom stereocenters. The van der Waals surface area contributed by atoms with Gasteiger partial charge in [0, 0.05) is 6.42 Å². The molecule has 7 heteroatoms. The zero-order valence-electron chi connectivity index (χ0n) is 15.8. The van der Waals surface area contributed by atoms with Crippen molar-refractivity contribution in [1.29, 1.82) is 0 Å². The van der Waals surface area contributed by atoms with Crippen molar-refractivity contribution >= 4 is 28.2 Å². The number of anilines is 1. The van der Waals surface area contributed by atoms with Crippen molar-refractivity contribution in [2.45, 2.75) is 20.3 Å². The predicted octanol–water partition coefficient (Wildman–Crippen LogP) is 3.54. The summed E-state index contributed by atoms with van der Waals surface area (Å²) in [4.78, 5) is 12.1. The Labute approximate surface area is 168 Å². The van der Waals surface area contributed by atoms with Crippen LogP contribution in [0.4, 0.5) is 5.00 Å². The molecular formula is C21H22N4O2S. The first-order chi connectivity index (χ1) is 13.5. The fourth-order valence-corrected chi connectivity index (χ4v) is 3.52. The van der Waals surface area contributed by atoms with E-state index in [9.17, 15) is 4.79 Å². The molecule has 3 N–H and O–H groups in total. The highest BCUT2D eigenvalue weighted by atomic mass is 32.1. The third kappa shape index (κ3) is 4.95. The highest BCUT2D eigenvalue weighted by Gasteiger charge is 2.12. The van der Waals surface area contributed by atoms with E-state index in [0.717, 1.165) is 23.2 Å². The van der Waals surface area contributed by atoms with E-state index < -0.39 is 0 Å². The lowest BCUT2D eigenvalue weighted by molar-refractivity contribution is -0.123. The molecule has 0 fully saturated rings. The number of carbonyl (C=O) groups is 1. The summed E-state index contributed by atoms with van der Waals surface area (Å²) in [6, 6.07) is 17.8. The molecule has 0 bridgehead atoms. The van der Waals surface area contributed by atoms with Gasteiger partial charge >= 0.3 is 0 Å². The molecule has 0 spiro atoms. The summed E-state index contributed by atoms with van der Waals surface area (Å²) in [6.07, 6.45) is 0.736. The molecule has 0 saturated heterocycles. The number of rotatable bonds is 7. The van der Waals surface area contributed by atoms with E-state index in [2.05, 4.69) is 27.0 Å². The smallest absolute Gasteiger partial charge is 0.277 e. The summed E-state index contributed by atoms with van der Waals surface area (Å²) >= 11 is 1.21. The standard InChI is InChI=1S/C21H22N4O2S/c1-14(20-15(2)25-28-21(20)22)23-24-19(26)13-27-18-11-7-6-10-17(18)12-16-8-4-3-5-9-16/h3-11H,12-13,22H2,1-2H3,(H,24,26)/b23-14-. The number of aromatic nitrogens is 1. The van der Waals surface area contributed by atoms with E-state index in [1.807, 2.05) is 49.4 Å². The van der Waals surface area contributed by atoms with Crippen LogP contribution in [0.25, 0.3) is 0 Å². The van der Waals surface area contributed by atoms with Crippen molar-refractivity contribution in [1.82, 2.24) is 9.80 Å². The number of nitrogens with two attached hydrogens (primary N) is 1. The number of hydrogen-bond acceptors (Lipinski definition) is 6. The van der Waals surface area contributed by atoms with Gasteiger partial charge in [-0.25, -0.2) is 5.43 Å². The highest BCUT2D eigenvalue weighted by Crippen LogP contribution is 2.22. The third-order valence-electron chi connectivity index (χ3n) is 4.17. The van der Waals surface area contributed by atoms with Crippen LogP contribution in [0.3, 0.4) is 0 Å². The number of benzene rings is 2. The molecule has 6 nitrogen and oxygen atoms in total. The Bertz CT molecular complexity index is 964. The lowest BCUT2D eigenvalue weighted by Gasteiger charge is -2.11. The lowest BCUT2D eigenvalue weighted by Crippen LogP contribution is -2.26. The minimum Gasteiger partial charge on any atom is -0.483 e. The van der Waals surface area contributed by atoms with Crippen LogP contribution in [-0.4, -0.2) is 22.6 Å². The largest absolute Gasteiger partial charge is 0.483 e. The predicted molar refractivity (Wildman–Crippen MR) is 113 cm³/mol. The summed E-state index contributed by atoms with van der Waals surface area (Å²) in [5, 5.41) is 4.70. The van der Waals surface area contributed by atoms with Gasteiger partial charge in [-0.15, -0.1) is 0 Å². The maximum absolute atomic E-state index is 12.1. The van der Waals surface area contributed by atoms with Crippen LogP contribution in [0, 0.1) is 6.92 Å². The van der Waals surface area contributed by atoms with Crippen molar-refractivity contribution in [2.24, 2.45) is 5.10 Å². The fraction of sp³-hybridized carbons (Fsp3) is 0.190. The van der Waals surface area contributed by atoms with Gasteiger partial charge in [-0.05, 0) is 42.6 Å². The molecule has 1 aromatic heterocycles. The number of aryl methyl sites for hydroxylation is 1. The number of carbonyl (C=O) groups excluding carboxylic acids is 1. The van der Waals surface area contributed by atoms with E-state index in [4.69, 9.17) is 10.5 Å². The fourth-order valence-electron chi connectivity index (χ4n) is 2.81. The second-order valence-electron chi connectivity index (χ2n) is 6.30. The Balaban J connectivity index is 1.60. The monoisotopic (exact) mass is 394 g/mol. The third-order valence-corrected chi connectivity index (χ3v) is 4.93. The molecule has 2 aromatic carbocycles. The topological polar surface area (TPSA) is 89.6 Å². The van der Waals surface area contributed by atoms with Crippen LogP contribution >= 0.6 is 11.5 Å². The van der Waals surface area contributed by atoms with Gasteiger partial charge in [0.1, 0.15) is 10.8 Å². The average molecular weight is 395 g/mol. The van der Waals surface area contributed by atoms with Crippen molar-refractivity contribution in [2.75, 3.05) is 12.3 Å². The molecule has 1 heterocycles. The Hall–Kier alpha value is -3.19. The average Bonchev–Trinajstić information content (AvgIpc) is 3.04. The number of para-hydroxylation sites is 1. The second kappa shape index (κ2) is 9.14. The highest BCUT2D eigenvalue weighted by molar-refractivity contribution is 7.10. The summed E-state index contributed by atoms with van der Waals surface area (Å²) in [5.41, 5.74) is 12.8. The van der Waals surface area contributed by atoms with E-state index in [-0.39, 0.29) is 12.5 Å². The molecule has 144 valence electrons. The van der Waals surface area contributed by atoms with Crippen LogP contribution in [0.15, 0.2) is 59.7 Å². The second-order valence-corrected chi connectivity index (χ2v) is 7.10. The van der Waals surface area contributed by atoms with Crippen LogP contribution in [0.2, 0.25) is 0 Å². The van der Waals surface area contributed by atoms with E-state index >= 15 is 0 Å². The zero-order valence-corrected chi connectivity index (χ0v) is 16.6. The van der Waals surface area contributed by atoms with Gasteiger partial charge in [0.05, 0.1) is 17.0 Å². The molecule has 0 atom stereocenters. The van der Waals surface area contributed by atoms with Gasteiger partial charge in [0.15, 0.2) is 6.61 Å². The first-order valence-corrected chi connectivity index (χ1v) is 9.62. The zero-order chi connectivity index (χ0) is 19.9. The molecule has 0 aliphatic rings. The lowest BCUT2D eigenvalue weighted by atomic mass is 10.0. The maximum Gasteiger partial charge on any atom is 0.277 e. The quantitative estimate of drug-likeness (QED) is 0.474. The Kier molecular flexibility index (Phi) is 6.39. The number of amides is 1. The van der Waals surface area contributed by atoms with Crippen molar-refractivity contribution in [3.05, 3.63) is 77.0 Å². The summed E-state index contributed by atoms with van der Waals surface area (Å²) in [7, 11) is 0. The van der Waals surface area contributed by atoms with Crippen molar-refractivity contribution in [3.63, 3.8) is 0 Å². The first-order valence-electron chi connectivity index (χ1n) is 8.84. The van der Waals surface area contributed by atoms with E-state index in [1.54, 1.807) is 6.92 Å². The normalized spacial score (nSPS) is 11.3. The molecule has 0 saturated carbocycles. The summed E-state index contributed by atoms with van der Waals surface area (Å²) in [6.45, 7) is 3.51. The molecule has 0 aliphatic carbocycles. The maximum atomic E-state index is 12.1. The summed E-state index contributed by atoms with van der Waals surface area (Å²) < 4.78 is 9.91. The Morgan fingerprint density at radius 1 is 1.18 bits per heavy atom. The molecule has 0 radical (unpaired) electrons. The molecule has 1 amide bonds. The minimum atomic E-state index is -0.340. The van der Waals surface area contributed by atoms with Gasteiger partial charge in [-0.1, -0.05) is 48.5 Å². The van der Waals surface area contributed by atoms with Crippen molar-refractivity contribution in [3.8, 4) is 5.75 Å². The number of nitrogens with zero attached hydrogens (tertiary/aromatic N) is 2. The SMILES string of the molecule is C/C(=N/NC(=O)COc1ccccc1Cc1ccccc1)c1c(C)nsc1N. The van der Waals surface area contributed by atoms with Crippen LogP contribution < -0.4 is 15.9 Å². The Morgan fingerprint density at radius 2 is 1.89 bits per heavy atom.